The van der Waals surface area contributed by atoms with Crippen molar-refractivity contribution in [3.05, 3.63) is 52.5 Å². The second-order valence-corrected chi connectivity index (χ2v) is 4.58. The molecule has 0 saturated carbocycles. The zero-order valence-corrected chi connectivity index (χ0v) is 9.88. The molecule has 2 aromatic carbocycles. The average Bonchev–Trinajstić information content (AvgIpc) is 2.65. The lowest BCUT2D eigenvalue weighted by Crippen LogP contribution is -2.15. The van der Waals surface area contributed by atoms with Crippen molar-refractivity contribution < 1.29 is 0 Å². The molecule has 0 amide bonds. The van der Waals surface area contributed by atoms with E-state index in [1.165, 1.54) is 27.7 Å². The third-order valence-electron chi connectivity index (χ3n) is 3.25. The van der Waals surface area contributed by atoms with Gasteiger partial charge >= 0.3 is 0 Å². The summed E-state index contributed by atoms with van der Waals surface area (Å²) in [4.78, 5) is 0. The van der Waals surface area contributed by atoms with Crippen molar-refractivity contribution in [3.63, 3.8) is 0 Å². The van der Waals surface area contributed by atoms with E-state index in [2.05, 4.69) is 44.4 Å². The second-order valence-electron chi connectivity index (χ2n) is 4.14. The summed E-state index contributed by atoms with van der Waals surface area (Å²) in [5.74, 6) is 0. The first-order valence-corrected chi connectivity index (χ1v) is 5.87. The monoisotopic (exact) mass is 225 g/mol. The Morgan fingerprint density at radius 3 is 2.81 bits per heavy atom. The molecule has 0 atom stereocenters. The molecule has 1 aliphatic rings. The van der Waals surface area contributed by atoms with Gasteiger partial charge in [0.15, 0.2) is 0 Å². The van der Waals surface area contributed by atoms with Crippen molar-refractivity contribution in [2.75, 3.05) is 0 Å². The fourth-order valence-electron chi connectivity index (χ4n) is 2.49. The van der Waals surface area contributed by atoms with Gasteiger partial charge in [-0.15, -0.1) is 0 Å². The zero-order valence-electron chi connectivity index (χ0n) is 9.13. The molecule has 77 valence electrons. The van der Waals surface area contributed by atoms with E-state index in [4.69, 9.17) is 11.6 Å². The minimum absolute atomic E-state index is 0.827. The Kier molecular flexibility index (Phi) is 2.29. The summed E-state index contributed by atoms with van der Waals surface area (Å²) in [7, 11) is 2.17. The van der Waals surface area contributed by atoms with Gasteiger partial charge in [-0.3, -0.25) is 0 Å². The fraction of sp³-hybridized carbons (Fsp3) is 0.143. The van der Waals surface area contributed by atoms with Crippen LogP contribution in [0.25, 0.3) is 11.1 Å². The Hall–Kier alpha value is -1.21. The van der Waals surface area contributed by atoms with Crippen molar-refractivity contribution in [2.45, 2.75) is 13.2 Å². The molecule has 0 unspecified atom stereocenters. The molecule has 0 bridgehead atoms. The number of rotatable bonds is 1. The molecular formula is C14H11BCl. The largest absolute Gasteiger partial charge is 0.148 e. The summed E-state index contributed by atoms with van der Waals surface area (Å²) >= 11 is 6.03. The molecule has 3 rings (SSSR count). The van der Waals surface area contributed by atoms with Crippen LogP contribution in [0.4, 0.5) is 0 Å². The van der Waals surface area contributed by atoms with Crippen molar-refractivity contribution in [1.29, 1.82) is 0 Å². The van der Waals surface area contributed by atoms with Gasteiger partial charge in [0.05, 0.1) is 0 Å². The lowest BCUT2D eigenvalue weighted by molar-refractivity contribution is 1.28. The van der Waals surface area contributed by atoms with E-state index in [0.29, 0.717) is 0 Å². The first-order valence-electron chi connectivity index (χ1n) is 5.49. The highest BCUT2D eigenvalue weighted by Gasteiger charge is 2.19. The van der Waals surface area contributed by atoms with Crippen LogP contribution in [0.1, 0.15) is 11.1 Å². The van der Waals surface area contributed by atoms with Crippen LogP contribution in [0, 0.1) is 0 Å². The summed E-state index contributed by atoms with van der Waals surface area (Å²) < 4.78 is 0. The SMILES string of the molecule is C[B]c1cccc2c1Cc1cc(Cl)ccc1-2. The highest BCUT2D eigenvalue weighted by atomic mass is 35.5. The minimum Gasteiger partial charge on any atom is -0.0872 e. The third kappa shape index (κ3) is 1.39. The van der Waals surface area contributed by atoms with Crippen molar-refractivity contribution in [1.82, 2.24) is 0 Å². The van der Waals surface area contributed by atoms with E-state index in [1.54, 1.807) is 0 Å². The van der Waals surface area contributed by atoms with Gasteiger partial charge < -0.3 is 0 Å². The minimum atomic E-state index is 0.827. The molecule has 16 heavy (non-hydrogen) atoms. The normalized spacial score (nSPS) is 12.1. The molecule has 1 aliphatic carbocycles. The molecule has 1 radical (unpaired) electrons. The maximum Gasteiger partial charge on any atom is 0.148 e. The molecule has 0 heterocycles. The predicted octanol–water partition coefficient (Wildman–Crippen LogP) is 3.29. The van der Waals surface area contributed by atoms with Gasteiger partial charge in [-0.2, -0.15) is 0 Å². The maximum absolute atomic E-state index is 6.03. The van der Waals surface area contributed by atoms with Crippen molar-refractivity contribution in [3.8, 4) is 11.1 Å². The summed E-state index contributed by atoms with van der Waals surface area (Å²) in [6.45, 7) is 2.09. The fourth-order valence-corrected chi connectivity index (χ4v) is 2.68. The van der Waals surface area contributed by atoms with Crippen LogP contribution in [-0.2, 0) is 6.42 Å². The molecule has 0 aliphatic heterocycles. The zero-order chi connectivity index (χ0) is 11.1. The average molecular weight is 226 g/mol. The van der Waals surface area contributed by atoms with Crippen molar-refractivity contribution in [2.24, 2.45) is 0 Å². The molecule has 0 nitrogen and oxygen atoms in total. The Bertz CT molecular complexity index is 561. The Balaban J connectivity index is 2.23. The predicted molar refractivity (Wildman–Crippen MR) is 70.9 cm³/mol. The molecule has 0 spiro atoms. The van der Waals surface area contributed by atoms with Crippen LogP contribution in [0.2, 0.25) is 11.8 Å². The number of hydrogen-bond donors (Lipinski definition) is 0. The first-order chi connectivity index (χ1) is 7.79. The van der Waals surface area contributed by atoms with E-state index >= 15 is 0 Å². The number of benzene rings is 2. The molecule has 0 aromatic heterocycles. The first kappa shape index (κ1) is 9.98. The lowest BCUT2D eigenvalue weighted by Gasteiger charge is -2.05. The Morgan fingerprint density at radius 2 is 2.00 bits per heavy atom. The standard InChI is InChI=1S/C14H11BCl/c1-15-14-4-2-3-12-11-6-5-10(16)7-9(11)8-13(12)14/h2-7H,8H2,1H3. The summed E-state index contributed by atoms with van der Waals surface area (Å²) in [6, 6.07) is 12.7. The number of fused-ring (bicyclic) bond motifs is 3. The van der Waals surface area contributed by atoms with Crippen LogP contribution in [0.3, 0.4) is 0 Å². The van der Waals surface area contributed by atoms with Crippen LogP contribution < -0.4 is 5.46 Å². The number of hydrogen-bond acceptors (Lipinski definition) is 0. The highest BCUT2D eigenvalue weighted by Crippen LogP contribution is 2.36. The quantitative estimate of drug-likeness (QED) is 0.558. The smallest absolute Gasteiger partial charge is 0.0872 e. The van der Waals surface area contributed by atoms with Crippen LogP contribution in [0.15, 0.2) is 36.4 Å². The molecule has 0 saturated heterocycles. The van der Waals surface area contributed by atoms with Gasteiger partial charge in [-0.1, -0.05) is 48.2 Å². The van der Waals surface area contributed by atoms with E-state index < -0.39 is 0 Å². The van der Waals surface area contributed by atoms with Crippen LogP contribution in [-0.4, -0.2) is 7.28 Å². The van der Waals surface area contributed by atoms with Gasteiger partial charge in [-0.05, 0) is 40.8 Å². The summed E-state index contributed by atoms with van der Waals surface area (Å²) in [6.07, 6.45) is 1.01. The van der Waals surface area contributed by atoms with Crippen LogP contribution >= 0.6 is 11.6 Å². The van der Waals surface area contributed by atoms with Crippen molar-refractivity contribution >= 4 is 24.3 Å². The number of halogens is 1. The third-order valence-corrected chi connectivity index (χ3v) is 3.48. The maximum atomic E-state index is 6.03. The molecule has 0 fully saturated rings. The van der Waals surface area contributed by atoms with Gasteiger partial charge in [0.1, 0.15) is 7.28 Å². The van der Waals surface area contributed by atoms with Gasteiger partial charge in [-0.25, -0.2) is 0 Å². The van der Waals surface area contributed by atoms with E-state index in [9.17, 15) is 0 Å². The van der Waals surface area contributed by atoms with Gasteiger partial charge in [0, 0.05) is 5.02 Å². The van der Waals surface area contributed by atoms with Crippen LogP contribution in [0.5, 0.6) is 0 Å². The van der Waals surface area contributed by atoms with E-state index in [-0.39, 0.29) is 0 Å². The highest BCUT2D eigenvalue weighted by molar-refractivity contribution is 6.53. The van der Waals surface area contributed by atoms with Gasteiger partial charge in [0.2, 0.25) is 0 Å². The topological polar surface area (TPSA) is 0 Å². The Morgan fingerprint density at radius 1 is 1.12 bits per heavy atom. The summed E-state index contributed by atoms with van der Waals surface area (Å²) in [5.41, 5.74) is 6.81. The van der Waals surface area contributed by atoms with E-state index in [0.717, 1.165) is 11.4 Å². The summed E-state index contributed by atoms with van der Waals surface area (Å²) in [5, 5.41) is 0.827. The molecule has 2 heteroatoms. The van der Waals surface area contributed by atoms with Gasteiger partial charge in [0.25, 0.3) is 0 Å². The molecule has 2 aromatic rings. The van der Waals surface area contributed by atoms with E-state index in [1.807, 2.05) is 6.07 Å². The lowest BCUT2D eigenvalue weighted by atomic mass is 9.70. The molecule has 0 N–H and O–H groups in total. The molecular weight excluding hydrogens is 214 g/mol. The Labute approximate surface area is 102 Å². The second kappa shape index (κ2) is 3.67.